The van der Waals surface area contributed by atoms with Crippen LogP contribution in [-0.2, 0) is 12.6 Å². The van der Waals surface area contributed by atoms with Crippen LogP contribution in [0.5, 0.6) is 0 Å². The number of rotatable bonds is 3. The Morgan fingerprint density at radius 3 is 2.43 bits per heavy atom. The zero-order valence-electron chi connectivity index (χ0n) is 11.0. The summed E-state index contributed by atoms with van der Waals surface area (Å²) in [5, 5.41) is 0.170. The topological polar surface area (TPSA) is 25.8 Å². The standard InChI is InChI=1S/C14H11ClF4N2/c1-2-3-13-20-11(7-12(15)21-13)8-4-5-9(10(16)6-8)14(17,18)19/h4-7H,2-3H2,1H3. The highest BCUT2D eigenvalue weighted by Gasteiger charge is 2.34. The van der Waals surface area contributed by atoms with E-state index in [4.69, 9.17) is 11.6 Å². The Kier molecular flexibility index (Phi) is 4.46. The fourth-order valence-electron chi connectivity index (χ4n) is 1.85. The Bertz CT molecular complexity index is 656. The van der Waals surface area contributed by atoms with Crippen LogP contribution >= 0.6 is 11.6 Å². The molecule has 21 heavy (non-hydrogen) atoms. The van der Waals surface area contributed by atoms with Gasteiger partial charge >= 0.3 is 6.18 Å². The van der Waals surface area contributed by atoms with E-state index >= 15 is 0 Å². The molecule has 0 atom stereocenters. The van der Waals surface area contributed by atoms with E-state index in [-0.39, 0.29) is 10.7 Å². The molecule has 0 aliphatic rings. The molecule has 2 nitrogen and oxygen atoms in total. The lowest BCUT2D eigenvalue weighted by molar-refractivity contribution is -0.139. The van der Waals surface area contributed by atoms with Crippen LogP contribution in [-0.4, -0.2) is 9.97 Å². The Balaban J connectivity index is 2.45. The van der Waals surface area contributed by atoms with Gasteiger partial charge in [-0.05, 0) is 18.6 Å². The number of aromatic nitrogens is 2. The van der Waals surface area contributed by atoms with Gasteiger partial charge in [0.25, 0.3) is 0 Å². The van der Waals surface area contributed by atoms with Gasteiger partial charge in [0.2, 0.25) is 0 Å². The molecule has 112 valence electrons. The van der Waals surface area contributed by atoms with Crippen molar-refractivity contribution in [2.45, 2.75) is 25.9 Å². The van der Waals surface area contributed by atoms with Gasteiger partial charge < -0.3 is 0 Å². The van der Waals surface area contributed by atoms with E-state index in [0.717, 1.165) is 12.5 Å². The molecular weight excluding hydrogens is 308 g/mol. The monoisotopic (exact) mass is 318 g/mol. The van der Waals surface area contributed by atoms with Gasteiger partial charge in [0.1, 0.15) is 16.8 Å². The van der Waals surface area contributed by atoms with Crippen molar-refractivity contribution in [3.05, 3.63) is 46.6 Å². The third kappa shape index (κ3) is 3.69. The maximum absolute atomic E-state index is 13.6. The third-order valence-corrected chi connectivity index (χ3v) is 2.98. The molecular formula is C14H11ClF4N2. The molecule has 0 unspecified atom stereocenters. The number of aryl methyl sites for hydroxylation is 1. The summed E-state index contributed by atoms with van der Waals surface area (Å²) in [6, 6.07) is 4.06. The van der Waals surface area contributed by atoms with Crippen LogP contribution in [0.25, 0.3) is 11.3 Å². The summed E-state index contributed by atoms with van der Waals surface area (Å²) in [4.78, 5) is 8.19. The molecule has 0 saturated carbocycles. The molecule has 1 aromatic heterocycles. The summed E-state index contributed by atoms with van der Waals surface area (Å²) in [5.41, 5.74) is -0.784. The maximum Gasteiger partial charge on any atom is 0.419 e. The van der Waals surface area contributed by atoms with Crippen LogP contribution in [0.3, 0.4) is 0 Å². The highest BCUT2D eigenvalue weighted by molar-refractivity contribution is 6.29. The number of halogens is 5. The van der Waals surface area contributed by atoms with Gasteiger partial charge in [-0.3, -0.25) is 0 Å². The second-order valence-corrected chi connectivity index (χ2v) is 4.82. The van der Waals surface area contributed by atoms with Gasteiger partial charge in [0, 0.05) is 18.1 Å². The molecule has 0 aliphatic heterocycles. The molecule has 0 N–H and O–H groups in total. The summed E-state index contributed by atoms with van der Waals surface area (Å²) < 4.78 is 51.2. The van der Waals surface area contributed by atoms with Crippen molar-refractivity contribution in [2.24, 2.45) is 0 Å². The summed E-state index contributed by atoms with van der Waals surface area (Å²) in [6.45, 7) is 1.93. The highest BCUT2D eigenvalue weighted by atomic mass is 35.5. The van der Waals surface area contributed by atoms with E-state index < -0.39 is 17.6 Å². The van der Waals surface area contributed by atoms with Crippen LogP contribution in [0.1, 0.15) is 24.7 Å². The molecule has 1 aromatic carbocycles. The van der Waals surface area contributed by atoms with Crippen LogP contribution in [0.2, 0.25) is 5.15 Å². The Morgan fingerprint density at radius 1 is 1.14 bits per heavy atom. The van der Waals surface area contributed by atoms with Crippen LogP contribution in [0.15, 0.2) is 24.3 Å². The van der Waals surface area contributed by atoms with Crippen molar-refractivity contribution >= 4 is 11.6 Å². The van der Waals surface area contributed by atoms with E-state index in [1.165, 1.54) is 12.1 Å². The Labute approximate surface area is 123 Å². The van der Waals surface area contributed by atoms with Crippen LogP contribution < -0.4 is 0 Å². The molecule has 0 spiro atoms. The van der Waals surface area contributed by atoms with Gasteiger partial charge in [-0.1, -0.05) is 24.6 Å². The zero-order chi connectivity index (χ0) is 15.6. The molecule has 0 bridgehead atoms. The minimum absolute atomic E-state index is 0.170. The van der Waals surface area contributed by atoms with E-state index in [1.807, 2.05) is 6.92 Å². The van der Waals surface area contributed by atoms with Crippen molar-refractivity contribution in [3.63, 3.8) is 0 Å². The molecule has 2 aromatic rings. The third-order valence-electron chi connectivity index (χ3n) is 2.79. The summed E-state index contributed by atoms with van der Waals surface area (Å²) in [5.74, 6) is -0.868. The summed E-state index contributed by atoms with van der Waals surface area (Å²) in [7, 11) is 0. The van der Waals surface area contributed by atoms with Crippen molar-refractivity contribution < 1.29 is 17.6 Å². The van der Waals surface area contributed by atoms with E-state index in [0.29, 0.717) is 24.0 Å². The molecule has 2 rings (SSSR count). The summed E-state index contributed by atoms with van der Waals surface area (Å²) in [6.07, 6.45) is -3.35. The average Bonchev–Trinajstić information content (AvgIpc) is 2.36. The second-order valence-electron chi connectivity index (χ2n) is 4.43. The SMILES string of the molecule is CCCc1nc(Cl)cc(-c2ccc(C(F)(F)F)c(F)c2)n1. The normalized spacial score (nSPS) is 11.7. The van der Waals surface area contributed by atoms with Gasteiger partial charge in [0.05, 0.1) is 11.3 Å². The highest BCUT2D eigenvalue weighted by Crippen LogP contribution is 2.33. The number of nitrogens with zero attached hydrogens (tertiary/aromatic N) is 2. The minimum Gasteiger partial charge on any atom is -0.233 e. The molecule has 7 heteroatoms. The van der Waals surface area contributed by atoms with E-state index in [9.17, 15) is 17.6 Å². The first-order chi connectivity index (χ1) is 9.81. The minimum atomic E-state index is -4.72. The van der Waals surface area contributed by atoms with Crippen LogP contribution in [0, 0.1) is 5.82 Å². The molecule has 0 fully saturated rings. The Morgan fingerprint density at radius 2 is 1.86 bits per heavy atom. The lowest BCUT2D eigenvalue weighted by Crippen LogP contribution is -2.08. The predicted molar refractivity (Wildman–Crippen MR) is 71.4 cm³/mol. The lowest BCUT2D eigenvalue weighted by Gasteiger charge is -2.10. The predicted octanol–water partition coefficient (Wildman–Crippen LogP) is 4.91. The number of alkyl halides is 3. The number of hydrogen-bond donors (Lipinski definition) is 0. The van der Waals surface area contributed by atoms with Gasteiger partial charge in [-0.2, -0.15) is 13.2 Å². The lowest BCUT2D eigenvalue weighted by atomic mass is 10.1. The number of hydrogen-bond acceptors (Lipinski definition) is 2. The van der Waals surface area contributed by atoms with Crippen molar-refractivity contribution in [2.75, 3.05) is 0 Å². The van der Waals surface area contributed by atoms with Gasteiger partial charge in [-0.25, -0.2) is 14.4 Å². The molecule has 0 amide bonds. The largest absolute Gasteiger partial charge is 0.419 e. The van der Waals surface area contributed by atoms with E-state index in [2.05, 4.69) is 9.97 Å². The number of benzene rings is 1. The van der Waals surface area contributed by atoms with Gasteiger partial charge in [-0.15, -0.1) is 0 Å². The van der Waals surface area contributed by atoms with Crippen molar-refractivity contribution in [1.29, 1.82) is 0 Å². The summed E-state index contributed by atoms with van der Waals surface area (Å²) >= 11 is 5.85. The molecule has 0 saturated heterocycles. The first-order valence-corrected chi connectivity index (χ1v) is 6.59. The molecule has 0 aliphatic carbocycles. The average molecular weight is 319 g/mol. The maximum atomic E-state index is 13.6. The zero-order valence-corrected chi connectivity index (χ0v) is 11.8. The van der Waals surface area contributed by atoms with Gasteiger partial charge in [0.15, 0.2) is 0 Å². The fraction of sp³-hybridized carbons (Fsp3) is 0.286. The first-order valence-electron chi connectivity index (χ1n) is 6.22. The van der Waals surface area contributed by atoms with Crippen LogP contribution in [0.4, 0.5) is 17.6 Å². The quantitative estimate of drug-likeness (QED) is 0.593. The van der Waals surface area contributed by atoms with E-state index in [1.54, 1.807) is 0 Å². The van der Waals surface area contributed by atoms with Crippen molar-refractivity contribution in [1.82, 2.24) is 9.97 Å². The second kappa shape index (κ2) is 5.97. The Hall–Kier alpha value is -1.69. The molecule has 0 radical (unpaired) electrons. The smallest absolute Gasteiger partial charge is 0.233 e. The first kappa shape index (κ1) is 15.7. The van der Waals surface area contributed by atoms with Crippen molar-refractivity contribution in [3.8, 4) is 11.3 Å². The fourth-order valence-corrected chi connectivity index (χ4v) is 2.05. The molecule has 1 heterocycles.